The Morgan fingerprint density at radius 2 is 1.73 bits per heavy atom. The van der Waals surface area contributed by atoms with Crippen LogP contribution in [-0.4, -0.2) is 58.9 Å². The van der Waals surface area contributed by atoms with E-state index in [2.05, 4.69) is 21.3 Å². The normalized spacial score (nSPS) is 18.9. The van der Waals surface area contributed by atoms with Crippen LogP contribution in [0.15, 0.2) is 30.3 Å². The number of nitrogens with one attached hydrogen (secondary N) is 4. The highest BCUT2D eigenvalue weighted by Crippen LogP contribution is 2.12. The van der Waals surface area contributed by atoms with Crippen LogP contribution in [0.1, 0.15) is 45.6 Å². The standard InChI is InChI=1S/C23H32N4O6/c1-4-13(2)19(27-21(30)16-10-11-18(28)25-16)22(31)24-14(3)20(29)26-17(23(32)33)12-15-8-6-5-7-9-15/h5-9,13-14,16-17,19H,4,10-12H2,1-3H3,(H,24,31)(H,25,28)(H,26,29)(H,27,30)(H,32,33)/t13-,14-,16-,17-,19-/m0/s1. The first-order chi connectivity index (χ1) is 15.6. The average molecular weight is 461 g/mol. The first-order valence-corrected chi connectivity index (χ1v) is 11.1. The first kappa shape index (κ1) is 25.8. The summed E-state index contributed by atoms with van der Waals surface area (Å²) >= 11 is 0. The number of carbonyl (C=O) groups excluding carboxylic acids is 4. The molecule has 1 saturated heterocycles. The number of carboxylic acids is 1. The predicted octanol–water partition coefficient (Wildman–Crippen LogP) is 0.113. The van der Waals surface area contributed by atoms with Crippen LogP contribution in [0.5, 0.6) is 0 Å². The van der Waals surface area contributed by atoms with Crippen molar-refractivity contribution in [2.75, 3.05) is 0 Å². The van der Waals surface area contributed by atoms with Gasteiger partial charge < -0.3 is 26.4 Å². The molecule has 0 radical (unpaired) electrons. The second kappa shape index (κ2) is 12.0. The number of rotatable bonds is 11. The highest BCUT2D eigenvalue weighted by atomic mass is 16.4. The Bertz CT molecular complexity index is 875. The molecule has 1 aliphatic rings. The smallest absolute Gasteiger partial charge is 0.326 e. The largest absolute Gasteiger partial charge is 0.480 e. The van der Waals surface area contributed by atoms with Crippen LogP contribution in [0.4, 0.5) is 0 Å². The minimum absolute atomic E-state index is 0.0985. The van der Waals surface area contributed by atoms with Crippen molar-refractivity contribution in [3.63, 3.8) is 0 Å². The third-order valence-corrected chi connectivity index (χ3v) is 5.75. The summed E-state index contributed by atoms with van der Waals surface area (Å²) < 4.78 is 0. The van der Waals surface area contributed by atoms with Gasteiger partial charge in [0.2, 0.25) is 23.6 Å². The first-order valence-electron chi connectivity index (χ1n) is 11.1. The fourth-order valence-electron chi connectivity index (χ4n) is 3.48. The van der Waals surface area contributed by atoms with Crippen molar-refractivity contribution >= 4 is 29.6 Å². The molecule has 1 aliphatic heterocycles. The van der Waals surface area contributed by atoms with E-state index in [4.69, 9.17) is 0 Å². The minimum atomic E-state index is -1.19. The summed E-state index contributed by atoms with van der Waals surface area (Å²) in [4.78, 5) is 60.9. The van der Waals surface area contributed by atoms with Gasteiger partial charge in [-0.3, -0.25) is 19.2 Å². The molecule has 33 heavy (non-hydrogen) atoms. The predicted molar refractivity (Wildman–Crippen MR) is 120 cm³/mol. The van der Waals surface area contributed by atoms with E-state index in [-0.39, 0.29) is 24.7 Å². The van der Waals surface area contributed by atoms with Crippen molar-refractivity contribution in [2.45, 2.75) is 70.6 Å². The summed E-state index contributed by atoms with van der Waals surface area (Å²) in [5, 5.41) is 19.7. The van der Waals surface area contributed by atoms with Crippen LogP contribution < -0.4 is 21.3 Å². The van der Waals surface area contributed by atoms with Crippen LogP contribution in [0.25, 0.3) is 0 Å². The number of hydrogen-bond acceptors (Lipinski definition) is 5. The van der Waals surface area contributed by atoms with E-state index in [0.29, 0.717) is 12.8 Å². The highest BCUT2D eigenvalue weighted by Gasteiger charge is 2.33. The second-order valence-electron chi connectivity index (χ2n) is 8.35. The van der Waals surface area contributed by atoms with Crippen molar-refractivity contribution in [1.29, 1.82) is 0 Å². The van der Waals surface area contributed by atoms with Gasteiger partial charge in [0.1, 0.15) is 24.2 Å². The number of hydrogen-bond donors (Lipinski definition) is 5. The Labute approximate surface area is 192 Å². The molecule has 1 fully saturated rings. The van der Waals surface area contributed by atoms with Gasteiger partial charge in [-0.15, -0.1) is 0 Å². The van der Waals surface area contributed by atoms with Crippen LogP contribution in [0.3, 0.4) is 0 Å². The third-order valence-electron chi connectivity index (χ3n) is 5.75. The molecule has 4 amide bonds. The quantitative estimate of drug-likeness (QED) is 0.316. The Kier molecular flexibility index (Phi) is 9.38. The monoisotopic (exact) mass is 460 g/mol. The second-order valence-corrected chi connectivity index (χ2v) is 8.35. The van der Waals surface area contributed by atoms with E-state index in [1.807, 2.05) is 13.0 Å². The van der Waals surface area contributed by atoms with Gasteiger partial charge >= 0.3 is 5.97 Å². The average Bonchev–Trinajstić information content (AvgIpc) is 3.23. The van der Waals surface area contributed by atoms with Gasteiger partial charge in [-0.2, -0.15) is 0 Å². The Hall–Kier alpha value is -3.43. The third kappa shape index (κ3) is 7.58. The molecule has 180 valence electrons. The van der Waals surface area contributed by atoms with Crippen LogP contribution in [0, 0.1) is 5.92 Å². The van der Waals surface area contributed by atoms with E-state index < -0.39 is 47.9 Å². The molecule has 1 aromatic carbocycles. The lowest BCUT2D eigenvalue weighted by molar-refractivity contribution is -0.142. The van der Waals surface area contributed by atoms with Gasteiger partial charge in [-0.25, -0.2) is 4.79 Å². The molecule has 5 atom stereocenters. The summed E-state index contributed by atoms with van der Waals surface area (Å²) in [6.45, 7) is 5.11. The number of amides is 4. The molecule has 1 heterocycles. The Balaban J connectivity index is 1.98. The molecule has 10 heteroatoms. The van der Waals surface area contributed by atoms with Gasteiger partial charge in [0.05, 0.1) is 0 Å². The fourth-order valence-corrected chi connectivity index (χ4v) is 3.48. The molecule has 0 spiro atoms. The van der Waals surface area contributed by atoms with E-state index in [0.717, 1.165) is 5.56 Å². The zero-order valence-electron chi connectivity index (χ0n) is 19.1. The van der Waals surface area contributed by atoms with E-state index in [9.17, 15) is 29.1 Å². The van der Waals surface area contributed by atoms with Crippen LogP contribution in [-0.2, 0) is 30.4 Å². The zero-order valence-corrected chi connectivity index (χ0v) is 19.1. The molecule has 5 N–H and O–H groups in total. The Morgan fingerprint density at radius 3 is 2.27 bits per heavy atom. The van der Waals surface area contributed by atoms with Gasteiger partial charge in [-0.1, -0.05) is 50.6 Å². The van der Waals surface area contributed by atoms with Crippen molar-refractivity contribution in [1.82, 2.24) is 21.3 Å². The van der Waals surface area contributed by atoms with Crippen molar-refractivity contribution < 1.29 is 29.1 Å². The summed E-state index contributed by atoms with van der Waals surface area (Å²) in [7, 11) is 0. The Morgan fingerprint density at radius 1 is 1.06 bits per heavy atom. The van der Waals surface area contributed by atoms with Gasteiger partial charge in [-0.05, 0) is 24.8 Å². The van der Waals surface area contributed by atoms with Crippen molar-refractivity contribution in [2.24, 2.45) is 5.92 Å². The number of aliphatic carboxylic acids is 1. The molecule has 1 aromatic rings. The van der Waals surface area contributed by atoms with Gasteiger partial charge in [0.15, 0.2) is 0 Å². The number of carboxylic acid groups (broad SMARTS) is 1. The molecular formula is C23H32N4O6. The topological polar surface area (TPSA) is 154 Å². The number of carbonyl (C=O) groups is 5. The maximum absolute atomic E-state index is 12.9. The zero-order chi connectivity index (χ0) is 24.5. The maximum atomic E-state index is 12.9. The molecule has 0 aromatic heterocycles. The lowest BCUT2D eigenvalue weighted by Gasteiger charge is -2.26. The molecule has 0 saturated carbocycles. The summed E-state index contributed by atoms with van der Waals surface area (Å²) in [5.41, 5.74) is 0.750. The number of benzene rings is 1. The van der Waals surface area contributed by atoms with Crippen molar-refractivity contribution in [3.8, 4) is 0 Å². The summed E-state index contributed by atoms with van der Waals surface area (Å²) in [6, 6.07) is 5.11. The van der Waals surface area contributed by atoms with Crippen molar-refractivity contribution in [3.05, 3.63) is 35.9 Å². The SMILES string of the molecule is CC[C@H](C)[C@H](NC(=O)[C@@H]1CCC(=O)N1)C(=O)N[C@@H](C)C(=O)N[C@@H](Cc1ccccc1)C(=O)O. The molecule has 0 aliphatic carbocycles. The summed E-state index contributed by atoms with van der Waals surface area (Å²) in [6.07, 6.45) is 1.30. The maximum Gasteiger partial charge on any atom is 0.326 e. The molecular weight excluding hydrogens is 428 g/mol. The lowest BCUT2D eigenvalue weighted by Crippen LogP contribution is -2.58. The lowest BCUT2D eigenvalue weighted by atomic mass is 9.97. The van der Waals surface area contributed by atoms with Crippen LogP contribution >= 0.6 is 0 Å². The van der Waals surface area contributed by atoms with Gasteiger partial charge in [0, 0.05) is 12.8 Å². The minimum Gasteiger partial charge on any atom is -0.480 e. The molecule has 10 nitrogen and oxygen atoms in total. The molecule has 0 unspecified atom stereocenters. The van der Waals surface area contributed by atoms with E-state index in [1.165, 1.54) is 6.92 Å². The summed E-state index contributed by atoms with van der Waals surface area (Å²) in [5.74, 6) is -3.29. The van der Waals surface area contributed by atoms with Crippen LogP contribution in [0.2, 0.25) is 0 Å². The van der Waals surface area contributed by atoms with E-state index >= 15 is 0 Å². The molecule has 0 bridgehead atoms. The van der Waals surface area contributed by atoms with Gasteiger partial charge in [0.25, 0.3) is 0 Å². The fraction of sp³-hybridized carbons (Fsp3) is 0.522. The van der Waals surface area contributed by atoms with E-state index in [1.54, 1.807) is 31.2 Å². The molecule has 2 rings (SSSR count). The highest BCUT2D eigenvalue weighted by molar-refractivity contribution is 5.96.